The number of esters is 1. The molecular formula is C18H26NO3. The molecule has 0 aliphatic heterocycles. The number of hydrogen-bond acceptors (Lipinski definition) is 3. The van der Waals surface area contributed by atoms with E-state index in [9.17, 15) is 9.59 Å². The van der Waals surface area contributed by atoms with Crippen LogP contribution in [0.5, 0.6) is 5.75 Å². The third-order valence-corrected chi connectivity index (χ3v) is 3.39. The van der Waals surface area contributed by atoms with Crippen molar-refractivity contribution in [3.05, 3.63) is 36.2 Å². The molecule has 0 unspecified atom stereocenters. The molecule has 4 nitrogen and oxygen atoms in total. The SMILES string of the molecule is C[CH]C(=O)Oc1ccccc1C(=O)NCCCCCCCC. The Bertz CT molecular complexity index is 471. The molecule has 0 heterocycles. The highest BCUT2D eigenvalue weighted by Crippen LogP contribution is 2.18. The van der Waals surface area contributed by atoms with Crippen LogP contribution in [0.4, 0.5) is 0 Å². The summed E-state index contributed by atoms with van der Waals surface area (Å²) in [5, 5.41) is 2.88. The number of ether oxygens (including phenoxy) is 1. The third kappa shape index (κ3) is 6.74. The van der Waals surface area contributed by atoms with Gasteiger partial charge in [0.05, 0.1) is 12.0 Å². The summed E-state index contributed by atoms with van der Waals surface area (Å²) >= 11 is 0. The summed E-state index contributed by atoms with van der Waals surface area (Å²) in [5.74, 6) is -0.365. The Balaban J connectivity index is 2.40. The number of benzene rings is 1. The molecule has 0 saturated heterocycles. The highest BCUT2D eigenvalue weighted by atomic mass is 16.5. The van der Waals surface area contributed by atoms with Crippen molar-refractivity contribution in [1.82, 2.24) is 5.32 Å². The van der Waals surface area contributed by atoms with Gasteiger partial charge in [-0.05, 0) is 18.6 Å². The van der Waals surface area contributed by atoms with Crippen molar-refractivity contribution in [2.45, 2.75) is 52.4 Å². The maximum atomic E-state index is 12.2. The molecule has 1 rings (SSSR count). The van der Waals surface area contributed by atoms with Crippen molar-refractivity contribution in [3.8, 4) is 5.75 Å². The van der Waals surface area contributed by atoms with E-state index in [1.807, 2.05) is 0 Å². The van der Waals surface area contributed by atoms with E-state index in [-0.39, 0.29) is 5.91 Å². The van der Waals surface area contributed by atoms with Gasteiger partial charge in [-0.1, -0.05) is 58.1 Å². The van der Waals surface area contributed by atoms with Gasteiger partial charge in [0.1, 0.15) is 5.75 Å². The molecule has 1 aromatic rings. The standard InChI is InChI=1S/C18H26NO3/c1-3-5-6-7-8-11-14-19-18(21)15-12-9-10-13-16(15)22-17(20)4-2/h4,9-10,12-13H,3,5-8,11,14H2,1-2H3,(H,19,21). The van der Waals surface area contributed by atoms with E-state index < -0.39 is 5.97 Å². The van der Waals surface area contributed by atoms with Gasteiger partial charge in [0.25, 0.3) is 5.91 Å². The number of carbonyl (C=O) groups is 2. The molecule has 121 valence electrons. The number of amides is 1. The van der Waals surface area contributed by atoms with Crippen LogP contribution in [0.15, 0.2) is 24.3 Å². The molecule has 0 aliphatic carbocycles. The molecule has 4 heteroatoms. The highest BCUT2D eigenvalue weighted by Gasteiger charge is 2.13. The fraction of sp³-hybridized carbons (Fsp3) is 0.500. The largest absolute Gasteiger partial charge is 0.425 e. The fourth-order valence-corrected chi connectivity index (χ4v) is 2.11. The molecule has 0 fully saturated rings. The first-order chi connectivity index (χ1) is 10.7. The first kappa shape index (κ1) is 18.2. The summed E-state index contributed by atoms with van der Waals surface area (Å²) in [4.78, 5) is 23.5. The molecule has 22 heavy (non-hydrogen) atoms. The Morgan fingerprint density at radius 2 is 1.77 bits per heavy atom. The second-order valence-electron chi connectivity index (χ2n) is 5.23. The molecule has 0 atom stereocenters. The van der Waals surface area contributed by atoms with Crippen molar-refractivity contribution in [2.24, 2.45) is 0 Å². The summed E-state index contributed by atoms with van der Waals surface area (Å²) in [5.41, 5.74) is 0.392. The van der Waals surface area contributed by atoms with Gasteiger partial charge in [-0.15, -0.1) is 0 Å². The van der Waals surface area contributed by atoms with E-state index in [0.717, 1.165) is 12.8 Å². The van der Waals surface area contributed by atoms with Gasteiger partial charge in [0, 0.05) is 6.54 Å². The number of hydrogen-bond donors (Lipinski definition) is 1. The average molecular weight is 304 g/mol. The van der Waals surface area contributed by atoms with Crippen LogP contribution in [-0.2, 0) is 4.79 Å². The van der Waals surface area contributed by atoms with Gasteiger partial charge >= 0.3 is 5.97 Å². The minimum Gasteiger partial charge on any atom is -0.425 e. The quantitative estimate of drug-likeness (QED) is 0.405. The van der Waals surface area contributed by atoms with Gasteiger partial charge < -0.3 is 10.1 Å². The summed E-state index contributed by atoms with van der Waals surface area (Å²) < 4.78 is 5.13. The fourth-order valence-electron chi connectivity index (χ4n) is 2.11. The first-order valence-corrected chi connectivity index (χ1v) is 8.07. The molecule has 1 radical (unpaired) electrons. The Morgan fingerprint density at radius 3 is 2.50 bits per heavy atom. The van der Waals surface area contributed by atoms with Gasteiger partial charge in [0.2, 0.25) is 0 Å². The molecule has 0 aromatic heterocycles. The van der Waals surface area contributed by atoms with Crippen LogP contribution in [0, 0.1) is 6.42 Å². The number of rotatable bonds is 10. The highest BCUT2D eigenvalue weighted by molar-refractivity contribution is 5.97. The van der Waals surface area contributed by atoms with Crippen molar-refractivity contribution < 1.29 is 14.3 Å². The van der Waals surface area contributed by atoms with Crippen LogP contribution in [-0.4, -0.2) is 18.4 Å². The smallest absolute Gasteiger partial charge is 0.314 e. The minimum absolute atomic E-state index is 0.201. The average Bonchev–Trinajstić information content (AvgIpc) is 2.54. The molecule has 1 N–H and O–H groups in total. The second-order valence-corrected chi connectivity index (χ2v) is 5.23. The van der Waals surface area contributed by atoms with Crippen LogP contribution in [0.25, 0.3) is 0 Å². The molecular weight excluding hydrogens is 278 g/mol. The van der Waals surface area contributed by atoms with E-state index in [1.54, 1.807) is 31.2 Å². The predicted molar refractivity (Wildman–Crippen MR) is 87.8 cm³/mol. The molecule has 0 spiro atoms. The van der Waals surface area contributed by atoms with Gasteiger partial charge in [0.15, 0.2) is 0 Å². The van der Waals surface area contributed by atoms with Crippen molar-refractivity contribution in [2.75, 3.05) is 6.54 Å². The van der Waals surface area contributed by atoms with Crippen molar-refractivity contribution in [3.63, 3.8) is 0 Å². The van der Waals surface area contributed by atoms with Gasteiger partial charge in [-0.3, -0.25) is 9.59 Å². The number of nitrogens with one attached hydrogen (secondary N) is 1. The second kappa shape index (κ2) is 10.8. The summed E-state index contributed by atoms with van der Waals surface area (Å²) in [7, 11) is 0. The lowest BCUT2D eigenvalue weighted by atomic mass is 10.1. The summed E-state index contributed by atoms with van der Waals surface area (Å²) in [6.07, 6.45) is 8.41. The summed E-state index contributed by atoms with van der Waals surface area (Å²) in [6.45, 7) is 4.44. The lowest BCUT2D eigenvalue weighted by Gasteiger charge is -2.10. The van der Waals surface area contributed by atoms with E-state index >= 15 is 0 Å². The maximum Gasteiger partial charge on any atom is 0.314 e. The van der Waals surface area contributed by atoms with Gasteiger partial charge in [-0.2, -0.15) is 0 Å². The molecule has 0 saturated carbocycles. The topological polar surface area (TPSA) is 55.4 Å². The first-order valence-electron chi connectivity index (χ1n) is 8.07. The van der Waals surface area contributed by atoms with E-state index in [0.29, 0.717) is 17.9 Å². The third-order valence-electron chi connectivity index (χ3n) is 3.39. The van der Waals surface area contributed by atoms with Crippen LogP contribution >= 0.6 is 0 Å². The number of para-hydroxylation sites is 1. The Morgan fingerprint density at radius 1 is 1.09 bits per heavy atom. The molecule has 1 amide bonds. The van der Waals surface area contributed by atoms with Crippen molar-refractivity contribution >= 4 is 11.9 Å². The van der Waals surface area contributed by atoms with Crippen LogP contribution in [0.2, 0.25) is 0 Å². The van der Waals surface area contributed by atoms with Crippen LogP contribution < -0.4 is 10.1 Å². The Kier molecular flexibility index (Phi) is 8.96. The molecule has 0 bridgehead atoms. The number of carbonyl (C=O) groups excluding carboxylic acids is 2. The zero-order chi connectivity index (χ0) is 16.2. The van der Waals surface area contributed by atoms with Crippen LogP contribution in [0.3, 0.4) is 0 Å². The monoisotopic (exact) mass is 304 g/mol. The lowest BCUT2D eigenvalue weighted by molar-refractivity contribution is -0.130. The normalized spacial score (nSPS) is 10.3. The van der Waals surface area contributed by atoms with E-state index in [4.69, 9.17) is 4.74 Å². The lowest BCUT2D eigenvalue weighted by Crippen LogP contribution is -2.25. The van der Waals surface area contributed by atoms with Crippen molar-refractivity contribution in [1.29, 1.82) is 0 Å². The number of unbranched alkanes of at least 4 members (excludes halogenated alkanes) is 5. The molecule has 0 aliphatic rings. The van der Waals surface area contributed by atoms with Crippen LogP contribution in [0.1, 0.15) is 62.7 Å². The predicted octanol–water partition coefficient (Wildman–Crippen LogP) is 3.91. The Hall–Kier alpha value is -1.84. The summed E-state index contributed by atoms with van der Waals surface area (Å²) in [6, 6.07) is 6.78. The van der Waals surface area contributed by atoms with E-state index in [2.05, 4.69) is 12.2 Å². The maximum absolute atomic E-state index is 12.2. The Labute approximate surface area is 133 Å². The van der Waals surface area contributed by atoms with Gasteiger partial charge in [-0.25, -0.2) is 0 Å². The minimum atomic E-state index is -0.462. The zero-order valence-corrected chi connectivity index (χ0v) is 13.6. The zero-order valence-electron chi connectivity index (χ0n) is 13.6. The molecule has 1 aromatic carbocycles. The van der Waals surface area contributed by atoms with E-state index in [1.165, 1.54) is 32.1 Å².